The molecule has 11 heteroatoms. The van der Waals surface area contributed by atoms with Gasteiger partial charge in [0.2, 0.25) is 0 Å². The van der Waals surface area contributed by atoms with Crippen molar-refractivity contribution in [2.45, 2.75) is 57.5 Å². The Morgan fingerprint density at radius 1 is 0.800 bits per heavy atom. The van der Waals surface area contributed by atoms with Gasteiger partial charge in [0.15, 0.2) is 12.2 Å². The van der Waals surface area contributed by atoms with E-state index in [0.717, 1.165) is 20.8 Å². The van der Waals surface area contributed by atoms with Crippen LogP contribution in [0.4, 0.5) is 0 Å². The molecule has 0 bridgehead atoms. The number of rotatable bonds is 5. The fourth-order valence-electron chi connectivity index (χ4n) is 2.19. The number of ether oxygens (including phenoxy) is 5. The average molecular weight is 386 g/mol. The minimum Gasteiger partial charge on any atom is -0.757 e. The van der Waals surface area contributed by atoms with E-state index in [0.29, 0.717) is 0 Å². The molecule has 136 valence electrons. The second-order valence-electron chi connectivity index (χ2n) is 5.07. The Labute approximate surface area is 172 Å². The molecule has 1 heterocycles. The van der Waals surface area contributed by atoms with Crippen LogP contribution >= 0.6 is 0 Å². The first-order valence-electron chi connectivity index (χ1n) is 7.08. The van der Waals surface area contributed by atoms with Crippen molar-refractivity contribution >= 4 is 36.5 Å². The van der Waals surface area contributed by atoms with Gasteiger partial charge in [-0.25, -0.2) is 0 Å². The Bertz CT molecular complexity index is 513. The zero-order valence-corrected chi connectivity index (χ0v) is 17.5. The molecule has 0 aliphatic carbocycles. The summed E-state index contributed by atoms with van der Waals surface area (Å²) in [5, 5.41) is 0. The Balaban J connectivity index is 0.00000576. The SMILES string of the molecule is CC(=O)OC[C@H]1O[C@@H]([S-])[C@H](OC(C)=O)[C@@H](OC(C)=O)[C@H]1OC(C)=O.[Na+]. The normalized spacial score (nSPS) is 28.1. The molecule has 0 radical (unpaired) electrons. The van der Waals surface area contributed by atoms with Crippen LogP contribution in [0.2, 0.25) is 0 Å². The zero-order valence-electron chi connectivity index (χ0n) is 14.7. The molecule has 25 heavy (non-hydrogen) atoms. The Morgan fingerprint density at radius 3 is 1.68 bits per heavy atom. The van der Waals surface area contributed by atoms with Crippen molar-refractivity contribution in [1.82, 2.24) is 0 Å². The molecule has 0 spiro atoms. The summed E-state index contributed by atoms with van der Waals surface area (Å²) in [6.07, 6.45) is -4.47. The van der Waals surface area contributed by atoms with E-state index in [-0.39, 0.29) is 36.2 Å². The molecule has 1 rings (SSSR count). The Hall–Kier alpha value is -0.810. The first-order chi connectivity index (χ1) is 11.1. The molecular formula is C14H19NaO9S. The van der Waals surface area contributed by atoms with Crippen LogP contribution in [0.15, 0.2) is 0 Å². The summed E-state index contributed by atoms with van der Waals surface area (Å²) < 4.78 is 25.7. The topological polar surface area (TPSA) is 114 Å². The largest absolute Gasteiger partial charge is 1.00 e. The third-order valence-electron chi connectivity index (χ3n) is 2.95. The van der Waals surface area contributed by atoms with Crippen LogP contribution in [-0.2, 0) is 55.5 Å². The molecule has 1 aliphatic heterocycles. The second-order valence-corrected chi connectivity index (χ2v) is 5.53. The molecule has 1 fully saturated rings. The summed E-state index contributed by atoms with van der Waals surface area (Å²) in [4.78, 5) is 45.0. The number of esters is 4. The van der Waals surface area contributed by atoms with Crippen molar-refractivity contribution in [3.05, 3.63) is 0 Å². The van der Waals surface area contributed by atoms with Gasteiger partial charge in [0.25, 0.3) is 0 Å². The first-order valence-corrected chi connectivity index (χ1v) is 7.55. The maximum absolute atomic E-state index is 11.4. The van der Waals surface area contributed by atoms with Crippen molar-refractivity contribution in [2.24, 2.45) is 0 Å². The minimum absolute atomic E-state index is 0. The average Bonchev–Trinajstić information content (AvgIpc) is 2.42. The van der Waals surface area contributed by atoms with Gasteiger partial charge in [-0.15, -0.1) is 0 Å². The van der Waals surface area contributed by atoms with E-state index in [1.54, 1.807) is 0 Å². The van der Waals surface area contributed by atoms with Crippen LogP contribution in [-0.4, -0.2) is 60.3 Å². The predicted octanol–water partition coefficient (Wildman–Crippen LogP) is -3.38. The number of carbonyl (C=O) groups is 4. The summed E-state index contributed by atoms with van der Waals surface area (Å²) in [6.45, 7) is 4.36. The van der Waals surface area contributed by atoms with Crippen molar-refractivity contribution in [3.8, 4) is 0 Å². The summed E-state index contributed by atoms with van der Waals surface area (Å²) in [5.74, 6) is -2.62. The summed E-state index contributed by atoms with van der Waals surface area (Å²) in [7, 11) is 0. The molecule has 0 aromatic carbocycles. The molecule has 0 unspecified atom stereocenters. The fraction of sp³-hybridized carbons (Fsp3) is 0.714. The van der Waals surface area contributed by atoms with E-state index >= 15 is 0 Å². The van der Waals surface area contributed by atoms with Crippen LogP contribution in [0, 0.1) is 0 Å². The summed E-state index contributed by atoms with van der Waals surface area (Å²) >= 11 is 5.11. The first kappa shape index (κ1) is 24.2. The molecule has 1 saturated heterocycles. The molecule has 1 aliphatic rings. The van der Waals surface area contributed by atoms with Crippen molar-refractivity contribution in [2.75, 3.05) is 6.61 Å². The number of hydrogen-bond donors (Lipinski definition) is 0. The van der Waals surface area contributed by atoms with Gasteiger partial charge in [0.1, 0.15) is 18.8 Å². The van der Waals surface area contributed by atoms with E-state index in [1.807, 2.05) is 0 Å². The van der Waals surface area contributed by atoms with Crippen LogP contribution < -0.4 is 29.6 Å². The second kappa shape index (κ2) is 11.0. The summed E-state index contributed by atoms with van der Waals surface area (Å²) in [6, 6.07) is 0. The molecule has 0 aromatic heterocycles. The van der Waals surface area contributed by atoms with E-state index in [9.17, 15) is 19.2 Å². The zero-order chi connectivity index (χ0) is 18.4. The molecule has 0 amide bonds. The molecule has 0 N–H and O–H groups in total. The smallest absolute Gasteiger partial charge is 0.757 e. The van der Waals surface area contributed by atoms with Gasteiger partial charge in [-0.3, -0.25) is 19.2 Å². The van der Waals surface area contributed by atoms with Crippen molar-refractivity contribution in [1.29, 1.82) is 0 Å². The van der Waals surface area contributed by atoms with E-state index in [1.165, 1.54) is 6.92 Å². The molecule has 5 atom stereocenters. The fourth-order valence-corrected chi connectivity index (χ4v) is 2.54. The van der Waals surface area contributed by atoms with E-state index in [4.69, 9.17) is 36.3 Å². The van der Waals surface area contributed by atoms with E-state index < -0.39 is 53.7 Å². The number of carbonyl (C=O) groups excluding carboxylic acids is 4. The number of hydrogen-bond acceptors (Lipinski definition) is 10. The Morgan fingerprint density at radius 2 is 1.24 bits per heavy atom. The van der Waals surface area contributed by atoms with Gasteiger partial charge in [0, 0.05) is 27.7 Å². The minimum atomic E-state index is -1.19. The maximum Gasteiger partial charge on any atom is 1.00 e. The van der Waals surface area contributed by atoms with Gasteiger partial charge >= 0.3 is 53.4 Å². The van der Waals surface area contributed by atoms with Gasteiger partial charge in [0.05, 0.1) is 0 Å². The van der Waals surface area contributed by atoms with Gasteiger partial charge in [-0.05, 0) is 5.44 Å². The van der Waals surface area contributed by atoms with Gasteiger partial charge < -0.3 is 36.3 Å². The predicted molar refractivity (Wildman–Crippen MR) is 79.3 cm³/mol. The van der Waals surface area contributed by atoms with Gasteiger partial charge in [-0.2, -0.15) is 0 Å². The summed E-state index contributed by atoms with van der Waals surface area (Å²) in [5.41, 5.74) is -1.09. The monoisotopic (exact) mass is 386 g/mol. The van der Waals surface area contributed by atoms with Crippen molar-refractivity contribution in [3.63, 3.8) is 0 Å². The third kappa shape index (κ3) is 7.95. The van der Waals surface area contributed by atoms with Crippen LogP contribution in [0.1, 0.15) is 27.7 Å². The van der Waals surface area contributed by atoms with Crippen LogP contribution in [0.5, 0.6) is 0 Å². The molecular weight excluding hydrogens is 367 g/mol. The van der Waals surface area contributed by atoms with E-state index in [2.05, 4.69) is 0 Å². The quantitative estimate of drug-likeness (QED) is 0.205. The van der Waals surface area contributed by atoms with Gasteiger partial charge in [-0.1, -0.05) is 0 Å². The standard InChI is InChI=1S/C14H20O9S.Na/c1-6(15)19-5-10-11(20-7(2)16)12(21-8(3)17)13(14(24)23-10)22-9(4)18;/h10-14,24H,5H2,1-4H3;/q;+1/p-1/t10-,11+,12+,13-,14+;/m1./s1. The molecule has 0 aromatic rings. The maximum atomic E-state index is 11.4. The Kier molecular flexibility index (Phi) is 10.7. The van der Waals surface area contributed by atoms with Crippen LogP contribution in [0.25, 0.3) is 0 Å². The molecule has 0 saturated carbocycles. The van der Waals surface area contributed by atoms with Crippen LogP contribution in [0.3, 0.4) is 0 Å². The van der Waals surface area contributed by atoms with Crippen molar-refractivity contribution < 1.29 is 72.4 Å². The molecule has 9 nitrogen and oxygen atoms in total. The third-order valence-corrected chi connectivity index (χ3v) is 3.33.